The maximum absolute atomic E-state index is 13.0. The number of aliphatic hydroxyl groups is 1. The van der Waals surface area contributed by atoms with Crippen molar-refractivity contribution in [3.05, 3.63) is 60.4 Å². The van der Waals surface area contributed by atoms with Crippen LogP contribution in [0.25, 0.3) is 11.0 Å². The molecule has 0 bridgehead atoms. The topological polar surface area (TPSA) is 90.8 Å². The summed E-state index contributed by atoms with van der Waals surface area (Å²) < 4.78 is 5.67. The third-order valence-electron chi connectivity index (χ3n) is 5.73. The Morgan fingerprint density at radius 2 is 2.12 bits per heavy atom. The van der Waals surface area contributed by atoms with Crippen molar-refractivity contribution in [1.82, 2.24) is 20.2 Å². The second-order valence-corrected chi connectivity index (χ2v) is 8.24. The molecule has 8 nitrogen and oxygen atoms in total. The van der Waals surface area contributed by atoms with Gasteiger partial charge in [-0.15, -0.1) is 0 Å². The minimum atomic E-state index is -1.00. The standard InChI is InChI=1S/C24H29N5O3/c1-25-12-14-32-19-6-3-5-18(15-19)23(30)28(2)16-24(31)9-13-29(17-24)21-8-11-26-20-7-4-10-27-22(20)21/h3-8,10-11,15,25,31H,9,12-14,16-17H2,1-2H3. The lowest BCUT2D eigenvalue weighted by molar-refractivity contribution is 0.0264. The Morgan fingerprint density at radius 1 is 1.25 bits per heavy atom. The van der Waals surface area contributed by atoms with Gasteiger partial charge >= 0.3 is 0 Å². The molecule has 1 aliphatic heterocycles. The number of hydrogen-bond donors (Lipinski definition) is 2. The number of β-amino-alcohol motifs (C(OH)–C–C–N with tert-alkyl or cyclic N) is 1. The SMILES string of the molecule is CNCCOc1cccc(C(=O)N(C)CC2(O)CCN(c3ccnc4cccnc34)C2)c1. The van der Waals surface area contributed by atoms with Crippen LogP contribution in [0.15, 0.2) is 54.9 Å². The number of rotatable bonds is 8. The van der Waals surface area contributed by atoms with E-state index >= 15 is 0 Å². The highest BCUT2D eigenvalue weighted by Gasteiger charge is 2.38. The van der Waals surface area contributed by atoms with E-state index in [9.17, 15) is 9.90 Å². The van der Waals surface area contributed by atoms with Crippen LogP contribution in [0.3, 0.4) is 0 Å². The van der Waals surface area contributed by atoms with Gasteiger partial charge in [0.05, 0.1) is 17.7 Å². The van der Waals surface area contributed by atoms with Gasteiger partial charge in [-0.3, -0.25) is 14.8 Å². The van der Waals surface area contributed by atoms with E-state index in [1.165, 1.54) is 0 Å². The number of nitrogens with one attached hydrogen (secondary N) is 1. The second kappa shape index (κ2) is 9.50. The number of aromatic nitrogens is 2. The van der Waals surface area contributed by atoms with Crippen LogP contribution in [0.2, 0.25) is 0 Å². The number of amides is 1. The van der Waals surface area contributed by atoms with Gasteiger partial charge in [0.15, 0.2) is 0 Å². The zero-order valence-electron chi connectivity index (χ0n) is 18.5. The smallest absolute Gasteiger partial charge is 0.253 e. The van der Waals surface area contributed by atoms with E-state index in [1.54, 1.807) is 36.5 Å². The van der Waals surface area contributed by atoms with Crippen molar-refractivity contribution in [3.8, 4) is 5.75 Å². The number of anilines is 1. The fourth-order valence-electron chi connectivity index (χ4n) is 4.14. The van der Waals surface area contributed by atoms with Crippen molar-refractivity contribution in [2.24, 2.45) is 0 Å². The van der Waals surface area contributed by atoms with E-state index in [0.29, 0.717) is 37.4 Å². The molecule has 1 saturated heterocycles. The summed E-state index contributed by atoms with van der Waals surface area (Å²) in [5.41, 5.74) is 2.13. The molecule has 0 saturated carbocycles. The number of likely N-dealkylation sites (N-methyl/N-ethyl adjacent to an activating group) is 2. The molecular weight excluding hydrogens is 406 g/mol. The molecule has 32 heavy (non-hydrogen) atoms. The molecule has 1 fully saturated rings. The number of nitrogens with zero attached hydrogens (tertiary/aromatic N) is 4. The Bertz CT molecular complexity index is 1090. The predicted molar refractivity (Wildman–Crippen MR) is 124 cm³/mol. The largest absolute Gasteiger partial charge is 0.492 e. The summed E-state index contributed by atoms with van der Waals surface area (Å²) in [5, 5.41) is 14.3. The highest BCUT2D eigenvalue weighted by molar-refractivity contribution is 5.94. The summed E-state index contributed by atoms with van der Waals surface area (Å²) in [6, 6.07) is 12.9. The van der Waals surface area contributed by atoms with E-state index in [1.807, 2.05) is 37.4 Å². The Kier molecular flexibility index (Phi) is 6.53. The molecule has 1 aliphatic rings. The quantitative estimate of drug-likeness (QED) is 0.523. The van der Waals surface area contributed by atoms with Gasteiger partial charge in [-0.2, -0.15) is 0 Å². The average Bonchev–Trinajstić information content (AvgIpc) is 3.19. The maximum Gasteiger partial charge on any atom is 0.253 e. The zero-order valence-corrected chi connectivity index (χ0v) is 18.5. The van der Waals surface area contributed by atoms with Crippen molar-refractivity contribution in [2.75, 3.05) is 51.8 Å². The molecule has 1 amide bonds. The van der Waals surface area contributed by atoms with Crippen molar-refractivity contribution in [1.29, 1.82) is 0 Å². The van der Waals surface area contributed by atoms with Crippen LogP contribution in [0.4, 0.5) is 5.69 Å². The van der Waals surface area contributed by atoms with Crippen molar-refractivity contribution >= 4 is 22.6 Å². The summed E-state index contributed by atoms with van der Waals surface area (Å²) in [5.74, 6) is 0.509. The van der Waals surface area contributed by atoms with Gasteiger partial charge in [0, 0.05) is 44.6 Å². The molecule has 1 unspecified atom stereocenters. The molecule has 4 rings (SSSR count). The summed E-state index contributed by atoms with van der Waals surface area (Å²) in [6.07, 6.45) is 4.07. The third-order valence-corrected chi connectivity index (χ3v) is 5.73. The Labute approximate surface area is 187 Å². The predicted octanol–water partition coefficient (Wildman–Crippen LogP) is 1.94. The van der Waals surface area contributed by atoms with Gasteiger partial charge in [0.1, 0.15) is 23.5 Å². The number of benzene rings is 1. The molecule has 1 aromatic carbocycles. The molecule has 0 radical (unpaired) electrons. The van der Waals surface area contributed by atoms with E-state index in [0.717, 1.165) is 23.3 Å². The molecule has 8 heteroatoms. The Balaban J connectivity index is 1.43. The Hall–Kier alpha value is -3.23. The molecule has 0 spiro atoms. The number of ether oxygens (including phenoxy) is 1. The average molecular weight is 436 g/mol. The number of carbonyl (C=O) groups is 1. The fraction of sp³-hybridized carbons (Fsp3) is 0.375. The van der Waals surface area contributed by atoms with Crippen molar-refractivity contribution in [2.45, 2.75) is 12.0 Å². The molecule has 3 heterocycles. The maximum atomic E-state index is 13.0. The number of hydrogen-bond acceptors (Lipinski definition) is 7. The van der Waals surface area contributed by atoms with Crippen LogP contribution in [0, 0.1) is 0 Å². The van der Waals surface area contributed by atoms with Gasteiger partial charge in [0.2, 0.25) is 0 Å². The minimum Gasteiger partial charge on any atom is -0.492 e. The normalized spacial score (nSPS) is 18.2. The molecule has 2 aromatic heterocycles. The molecule has 2 N–H and O–H groups in total. The third kappa shape index (κ3) is 4.81. The van der Waals surface area contributed by atoms with Crippen molar-refractivity contribution in [3.63, 3.8) is 0 Å². The number of pyridine rings is 2. The van der Waals surface area contributed by atoms with Crippen molar-refractivity contribution < 1.29 is 14.6 Å². The fourth-order valence-corrected chi connectivity index (χ4v) is 4.14. The lowest BCUT2D eigenvalue weighted by atomic mass is 10.0. The summed E-state index contributed by atoms with van der Waals surface area (Å²) in [6.45, 7) is 2.60. The van der Waals surface area contributed by atoms with Crippen LogP contribution < -0.4 is 15.0 Å². The van der Waals surface area contributed by atoms with E-state index in [-0.39, 0.29) is 12.5 Å². The van der Waals surface area contributed by atoms with Gasteiger partial charge in [-0.05, 0) is 49.9 Å². The lowest BCUT2D eigenvalue weighted by Crippen LogP contribution is -2.45. The zero-order chi connectivity index (χ0) is 22.6. The van der Waals surface area contributed by atoms with Crippen LogP contribution in [-0.2, 0) is 0 Å². The minimum absolute atomic E-state index is 0.146. The van der Waals surface area contributed by atoms with Gasteiger partial charge in [0.25, 0.3) is 5.91 Å². The molecule has 0 aliphatic carbocycles. The highest BCUT2D eigenvalue weighted by atomic mass is 16.5. The molecule has 1 atom stereocenters. The lowest BCUT2D eigenvalue weighted by Gasteiger charge is -2.29. The van der Waals surface area contributed by atoms with Gasteiger partial charge in [-0.1, -0.05) is 6.07 Å². The van der Waals surface area contributed by atoms with Gasteiger partial charge < -0.3 is 25.0 Å². The summed E-state index contributed by atoms with van der Waals surface area (Å²) in [4.78, 5) is 25.5. The van der Waals surface area contributed by atoms with Crippen LogP contribution in [0.5, 0.6) is 5.75 Å². The summed E-state index contributed by atoms with van der Waals surface area (Å²) in [7, 11) is 3.59. The molecular formula is C24H29N5O3. The first kappa shape index (κ1) is 22.0. The number of carbonyl (C=O) groups excluding carboxylic acids is 1. The van der Waals surface area contributed by atoms with E-state index in [2.05, 4.69) is 20.2 Å². The monoisotopic (exact) mass is 435 g/mol. The van der Waals surface area contributed by atoms with E-state index in [4.69, 9.17) is 4.74 Å². The van der Waals surface area contributed by atoms with E-state index < -0.39 is 5.60 Å². The first-order valence-corrected chi connectivity index (χ1v) is 10.8. The van der Waals surface area contributed by atoms with Gasteiger partial charge in [-0.25, -0.2) is 0 Å². The second-order valence-electron chi connectivity index (χ2n) is 8.24. The highest BCUT2D eigenvalue weighted by Crippen LogP contribution is 2.31. The Morgan fingerprint density at radius 3 is 2.97 bits per heavy atom. The van der Waals surface area contributed by atoms with Crippen LogP contribution in [-0.4, -0.2) is 78.4 Å². The first-order chi connectivity index (χ1) is 15.5. The molecule has 168 valence electrons. The molecule has 3 aromatic rings. The number of fused-ring (bicyclic) bond motifs is 1. The first-order valence-electron chi connectivity index (χ1n) is 10.8. The van der Waals surface area contributed by atoms with Crippen LogP contribution >= 0.6 is 0 Å². The summed E-state index contributed by atoms with van der Waals surface area (Å²) >= 11 is 0. The van der Waals surface area contributed by atoms with Crippen LogP contribution in [0.1, 0.15) is 16.8 Å².